The van der Waals surface area contributed by atoms with Crippen molar-refractivity contribution in [1.29, 1.82) is 0 Å². The number of benzene rings is 2. The maximum absolute atomic E-state index is 13.5. The topological polar surface area (TPSA) is 124 Å². The van der Waals surface area contributed by atoms with Gasteiger partial charge in [0.2, 0.25) is 0 Å². The number of phenolic OH excluding ortho intramolecular Hbond substituents is 1. The van der Waals surface area contributed by atoms with E-state index in [1.165, 1.54) is 28.8 Å². The molecule has 1 aromatic heterocycles. The molecule has 0 saturated carbocycles. The summed E-state index contributed by atoms with van der Waals surface area (Å²) in [5, 5.41) is 21.4. The van der Waals surface area contributed by atoms with Gasteiger partial charge in [0.1, 0.15) is 0 Å². The first-order chi connectivity index (χ1) is 16.2. The largest absolute Gasteiger partial charge is 0.502 e. The van der Waals surface area contributed by atoms with Crippen LogP contribution in [0.5, 0.6) is 5.75 Å². The smallest absolute Gasteiger partial charge is 0.338 e. The number of esters is 1. The first-order valence-corrected chi connectivity index (χ1v) is 11.3. The minimum atomic E-state index is -0.788. The van der Waals surface area contributed by atoms with E-state index in [1.54, 1.807) is 38.1 Å². The molecular weight excluding hydrogens is 482 g/mol. The van der Waals surface area contributed by atoms with E-state index >= 15 is 0 Å². The number of rotatable bonds is 5. The number of phenols is 1. The Morgan fingerprint density at radius 2 is 2.03 bits per heavy atom. The molecule has 2 heterocycles. The van der Waals surface area contributed by atoms with Crippen LogP contribution in [-0.2, 0) is 9.53 Å². The average Bonchev–Trinajstić information content (AvgIpc) is 3.09. The van der Waals surface area contributed by atoms with Gasteiger partial charge in [0, 0.05) is 11.1 Å². The van der Waals surface area contributed by atoms with E-state index < -0.39 is 33.9 Å². The Morgan fingerprint density at radius 3 is 2.68 bits per heavy atom. The molecule has 0 aliphatic carbocycles. The predicted octanol–water partition coefficient (Wildman–Crippen LogP) is 3.07. The fraction of sp³-hybridized carbons (Fsp3) is 0.174. The highest BCUT2D eigenvalue weighted by atomic mass is 35.5. The number of carbonyl (C=O) groups excluding carboxylic acids is 1. The lowest BCUT2D eigenvalue weighted by atomic mass is 9.96. The minimum Gasteiger partial charge on any atom is -0.502 e. The molecule has 1 N–H and O–H groups in total. The summed E-state index contributed by atoms with van der Waals surface area (Å²) in [6.45, 7) is 3.53. The van der Waals surface area contributed by atoms with Crippen LogP contribution in [0.1, 0.15) is 31.0 Å². The average molecular weight is 500 g/mol. The Morgan fingerprint density at radius 1 is 1.32 bits per heavy atom. The van der Waals surface area contributed by atoms with Crippen LogP contribution in [-0.4, -0.2) is 27.2 Å². The molecule has 34 heavy (non-hydrogen) atoms. The van der Waals surface area contributed by atoms with E-state index in [1.807, 2.05) is 0 Å². The number of hydrogen-bond donors (Lipinski definition) is 1. The molecule has 0 saturated heterocycles. The SMILES string of the molecule is CCOC(=O)C1=C(C)N=c2s/c(=C\c3ccc(O)c([N+](=O)[O-])c3)c(=O)n2[C@@H]1c1ccc(Cl)cc1. The van der Waals surface area contributed by atoms with Crippen molar-refractivity contribution in [3.8, 4) is 5.75 Å². The highest BCUT2D eigenvalue weighted by Gasteiger charge is 2.33. The lowest BCUT2D eigenvalue weighted by molar-refractivity contribution is -0.385. The molecular formula is C23H18ClN3O6S. The predicted molar refractivity (Wildman–Crippen MR) is 127 cm³/mol. The van der Waals surface area contributed by atoms with Crippen LogP contribution in [0.3, 0.4) is 0 Å². The summed E-state index contributed by atoms with van der Waals surface area (Å²) in [4.78, 5) is 41.6. The fourth-order valence-electron chi connectivity index (χ4n) is 3.68. The number of fused-ring (bicyclic) bond motifs is 1. The van der Waals surface area contributed by atoms with Gasteiger partial charge in [0.15, 0.2) is 10.6 Å². The fourth-order valence-corrected chi connectivity index (χ4v) is 4.85. The van der Waals surface area contributed by atoms with Gasteiger partial charge in [0.25, 0.3) is 5.56 Å². The molecule has 0 radical (unpaired) electrons. The van der Waals surface area contributed by atoms with Crippen molar-refractivity contribution in [3.63, 3.8) is 0 Å². The molecule has 4 rings (SSSR count). The van der Waals surface area contributed by atoms with Crippen molar-refractivity contribution in [2.24, 2.45) is 4.99 Å². The monoisotopic (exact) mass is 499 g/mol. The zero-order chi connectivity index (χ0) is 24.6. The second-order valence-corrected chi connectivity index (χ2v) is 8.80. The van der Waals surface area contributed by atoms with Gasteiger partial charge in [-0.05, 0) is 49.2 Å². The lowest BCUT2D eigenvalue weighted by Gasteiger charge is -2.24. The Labute approximate surface area is 201 Å². The van der Waals surface area contributed by atoms with E-state index in [-0.39, 0.29) is 16.7 Å². The van der Waals surface area contributed by atoms with Gasteiger partial charge in [-0.15, -0.1) is 0 Å². The molecule has 0 unspecified atom stereocenters. The molecule has 2 aromatic carbocycles. The highest BCUT2D eigenvalue weighted by Crippen LogP contribution is 2.31. The number of carbonyl (C=O) groups is 1. The summed E-state index contributed by atoms with van der Waals surface area (Å²) in [6.07, 6.45) is 1.48. The third-order valence-corrected chi connectivity index (χ3v) is 6.43. The van der Waals surface area contributed by atoms with Gasteiger partial charge >= 0.3 is 11.7 Å². The number of nitro groups is 1. The van der Waals surface area contributed by atoms with Gasteiger partial charge < -0.3 is 9.84 Å². The Balaban J connectivity index is 1.94. The van der Waals surface area contributed by atoms with Gasteiger partial charge in [-0.1, -0.05) is 41.1 Å². The number of ether oxygens (including phenoxy) is 1. The van der Waals surface area contributed by atoms with Crippen molar-refractivity contribution in [1.82, 2.24) is 4.57 Å². The molecule has 0 amide bonds. The second kappa shape index (κ2) is 9.24. The van der Waals surface area contributed by atoms with Crippen molar-refractivity contribution in [2.75, 3.05) is 6.61 Å². The molecule has 0 spiro atoms. The first-order valence-electron chi connectivity index (χ1n) is 10.1. The number of allylic oxidation sites excluding steroid dienone is 1. The van der Waals surface area contributed by atoms with Crippen molar-refractivity contribution >= 4 is 40.7 Å². The van der Waals surface area contributed by atoms with Crippen LogP contribution >= 0.6 is 22.9 Å². The van der Waals surface area contributed by atoms with Gasteiger partial charge in [-0.2, -0.15) is 0 Å². The molecule has 0 fully saturated rings. The summed E-state index contributed by atoms with van der Waals surface area (Å²) in [6, 6.07) is 9.84. The Hall–Kier alpha value is -3.76. The zero-order valence-electron chi connectivity index (χ0n) is 18.0. The number of thiazole rings is 1. The summed E-state index contributed by atoms with van der Waals surface area (Å²) in [7, 11) is 0. The molecule has 1 aliphatic heterocycles. The summed E-state index contributed by atoms with van der Waals surface area (Å²) < 4.78 is 6.91. The standard InChI is InChI=1S/C23H18ClN3O6S/c1-3-33-22(30)19-12(2)25-23-26(20(19)14-5-7-15(24)8-6-14)21(29)18(34-23)11-13-4-9-17(28)16(10-13)27(31)32/h4-11,20,28H,3H2,1-2H3/b18-11-/t20-/m1/s1. The van der Waals surface area contributed by atoms with E-state index in [0.29, 0.717) is 26.6 Å². The number of hydrogen-bond acceptors (Lipinski definition) is 8. The quantitative estimate of drug-likeness (QED) is 0.327. The van der Waals surface area contributed by atoms with Crippen LogP contribution in [0, 0.1) is 10.1 Å². The minimum absolute atomic E-state index is 0.160. The van der Waals surface area contributed by atoms with Gasteiger partial charge in [0.05, 0.1) is 33.4 Å². The van der Waals surface area contributed by atoms with Crippen LogP contribution in [0.25, 0.3) is 6.08 Å². The van der Waals surface area contributed by atoms with Crippen molar-refractivity contribution < 1.29 is 19.6 Å². The zero-order valence-corrected chi connectivity index (χ0v) is 19.6. The van der Waals surface area contributed by atoms with E-state index in [2.05, 4.69) is 4.99 Å². The van der Waals surface area contributed by atoms with Crippen LogP contribution in [0.4, 0.5) is 5.69 Å². The highest BCUT2D eigenvalue weighted by molar-refractivity contribution is 7.07. The number of nitro benzene ring substituents is 1. The summed E-state index contributed by atoms with van der Waals surface area (Å²) >= 11 is 7.13. The van der Waals surface area contributed by atoms with Gasteiger partial charge in [-0.3, -0.25) is 19.5 Å². The molecule has 0 bridgehead atoms. The number of aromatic nitrogens is 1. The van der Waals surface area contributed by atoms with E-state index in [0.717, 1.165) is 11.3 Å². The Bertz CT molecular complexity index is 1520. The molecule has 1 atom stereocenters. The number of aromatic hydroxyl groups is 1. The third kappa shape index (κ3) is 4.25. The molecule has 11 heteroatoms. The van der Waals surface area contributed by atoms with Crippen LogP contribution in [0.15, 0.2) is 63.5 Å². The molecule has 9 nitrogen and oxygen atoms in total. The van der Waals surface area contributed by atoms with Crippen LogP contribution < -0.4 is 14.9 Å². The van der Waals surface area contributed by atoms with E-state index in [9.17, 15) is 24.8 Å². The number of nitrogens with zero attached hydrogens (tertiary/aromatic N) is 3. The van der Waals surface area contributed by atoms with Crippen molar-refractivity contribution in [2.45, 2.75) is 19.9 Å². The van der Waals surface area contributed by atoms with Crippen LogP contribution in [0.2, 0.25) is 5.02 Å². The molecule has 3 aromatic rings. The normalized spacial score (nSPS) is 15.6. The second-order valence-electron chi connectivity index (χ2n) is 7.36. The first kappa shape index (κ1) is 23.4. The van der Waals surface area contributed by atoms with E-state index in [4.69, 9.17) is 16.3 Å². The summed E-state index contributed by atoms with van der Waals surface area (Å²) in [5.41, 5.74) is 0.776. The lowest BCUT2D eigenvalue weighted by Crippen LogP contribution is -2.39. The third-order valence-electron chi connectivity index (χ3n) is 5.20. The van der Waals surface area contributed by atoms with Gasteiger partial charge in [-0.25, -0.2) is 9.79 Å². The molecule has 174 valence electrons. The van der Waals surface area contributed by atoms with Crippen molar-refractivity contribution in [3.05, 3.63) is 99.7 Å². The Kier molecular flexibility index (Phi) is 6.36. The maximum atomic E-state index is 13.5. The maximum Gasteiger partial charge on any atom is 0.338 e. The molecule has 1 aliphatic rings. The number of halogens is 1. The summed E-state index contributed by atoms with van der Waals surface area (Å²) in [5.74, 6) is -1.05.